The number of carbonyl (C=O) groups is 1. The fraction of sp³-hybridized carbons (Fsp3) is 0.409. The highest BCUT2D eigenvalue weighted by Crippen LogP contribution is 2.29. The molecular formula is C22H28N2O4S. The number of likely N-dealkylation sites (tertiary alicyclic amines) is 1. The Morgan fingerprint density at radius 2 is 1.79 bits per heavy atom. The van der Waals surface area contributed by atoms with E-state index < -0.39 is 28.2 Å². The molecule has 0 aliphatic carbocycles. The van der Waals surface area contributed by atoms with E-state index in [1.807, 2.05) is 49.2 Å². The lowest BCUT2D eigenvalue weighted by Crippen LogP contribution is -2.58. The molecule has 156 valence electrons. The molecule has 29 heavy (non-hydrogen) atoms. The van der Waals surface area contributed by atoms with Gasteiger partial charge in [0.25, 0.3) is 0 Å². The Morgan fingerprint density at radius 1 is 1.14 bits per heavy atom. The van der Waals surface area contributed by atoms with Crippen LogP contribution in [-0.2, 0) is 21.2 Å². The monoisotopic (exact) mass is 416 g/mol. The van der Waals surface area contributed by atoms with E-state index in [0.29, 0.717) is 6.42 Å². The number of carboxylic acids is 1. The largest absolute Gasteiger partial charge is 0.480 e. The molecule has 1 N–H and O–H groups in total. The van der Waals surface area contributed by atoms with E-state index in [0.717, 1.165) is 30.5 Å². The number of nitrogens with zero attached hydrogens (tertiary/aromatic N) is 2. The lowest BCUT2D eigenvalue weighted by molar-refractivity contribution is -0.143. The molecule has 0 radical (unpaired) electrons. The average molecular weight is 417 g/mol. The summed E-state index contributed by atoms with van der Waals surface area (Å²) in [4.78, 5) is 14.4. The molecule has 2 aromatic rings. The summed E-state index contributed by atoms with van der Waals surface area (Å²) < 4.78 is 28.5. The van der Waals surface area contributed by atoms with Crippen molar-refractivity contribution in [3.8, 4) is 0 Å². The van der Waals surface area contributed by atoms with Crippen LogP contribution in [0.25, 0.3) is 0 Å². The van der Waals surface area contributed by atoms with Crippen molar-refractivity contribution in [2.24, 2.45) is 0 Å². The fourth-order valence-corrected chi connectivity index (χ4v) is 5.68. The molecule has 2 atom stereocenters. The fourth-order valence-electron chi connectivity index (χ4n) is 3.87. The van der Waals surface area contributed by atoms with Gasteiger partial charge in [0.05, 0.1) is 11.1 Å². The standard InChI is InChI=1S/C22H28N2O4S/c1-17-11-13-19(14-12-17)29(27,28)24(21-10-6-7-15-23(21)2)20(22(25)26)16-18-8-4-3-5-9-18/h3-5,8-9,11-14,20-21H,6-7,10,15-16H2,1-2H3,(H,25,26)/t20-,21?/m0/s1. The summed E-state index contributed by atoms with van der Waals surface area (Å²) in [5.41, 5.74) is 1.74. The first kappa shape index (κ1) is 21.5. The van der Waals surface area contributed by atoms with Gasteiger partial charge in [0.15, 0.2) is 0 Å². The second-order valence-electron chi connectivity index (χ2n) is 7.65. The van der Waals surface area contributed by atoms with Gasteiger partial charge in [0.1, 0.15) is 6.04 Å². The van der Waals surface area contributed by atoms with Gasteiger partial charge in [-0.2, -0.15) is 4.31 Å². The summed E-state index contributed by atoms with van der Waals surface area (Å²) >= 11 is 0. The minimum absolute atomic E-state index is 0.117. The van der Waals surface area contributed by atoms with Gasteiger partial charge in [-0.3, -0.25) is 9.69 Å². The van der Waals surface area contributed by atoms with Crippen LogP contribution >= 0.6 is 0 Å². The molecule has 1 aliphatic heterocycles. The van der Waals surface area contributed by atoms with Gasteiger partial charge in [-0.05, 0) is 63.9 Å². The van der Waals surface area contributed by atoms with Crippen molar-refractivity contribution < 1.29 is 18.3 Å². The molecule has 3 rings (SSSR count). The molecular weight excluding hydrogens is 388 g/mol. The Labute approximate surface area is 172 Å². The Bertz CT molecular complexity index is 929. The van der Waals surface area contributed by atoms with Crippen LogP contribution in [0.5, 0.6) is 0 Å². The minimum Gasteiger partial charge on any atom is -0.480 e. The first-order valence-electron chi connectivity index (χ1n) is 9.88. The molecule has 1 unspecified atom stereocenters. The van der Waals surface area contributed by atoms with Crippen molar-refractivity contribution in [2.75, 3.05) is 13.6 Å². The summed E-state index contributed by atoms with van der Waals surface area (Å²) in [6.45, 7) is 2.63. The Morgan fingerprint density at radius 3 is 2.38 bits per heavy atom. The van der Waals surface area contributed by atoms with Gasteiger partial charge < -0.3 is 5.11 Å². The van der Waals surface area contributed by atoms with E-state index in [9.17, 15) is 18.3 Å². The van der Waals surface area contributed by atoms with Crippen LogP contribution in [0.3, 0.4) is 0 Å². The Balaban J connectivity index is 2.07. The molecule has 1 fully saturated rings. The number of hydrogen-bond acceptors (Lipinski definition) is 4. The van der Waals surface area contributed by atoms with Crippen molar-refractivity contribution in [1.82, 2.24) is 9.21 Å². The second kappa shape index (κ2) is 9.07. The third kappa shape index (κ3) is 4.86. The second-order valence-corrected chi connectivity index (χ2v) is 9.49. The molecule has 1 saturated heterocycles. The molecule has 0 spiro atoms. The summed E-state index contributed by atoms with van der Waals surface area (Å²) in [5, 5.41) is 10.1. The van der Waals surface area contributed by atoms with E-state index >= 15 is 0 Å². The zero-order valence-corrected chi connectivity index (χ0v) is 17.7. The topological polar surface area (TPSA) is 77.9 Å². The molecule has 0 bridgehead atoms. The lowest BCUT2D eigenvalue weighted by atomic mass is 10.0. The van der Waals surface area contributed by atoms with Gasteiger partial charge in [0.2, 0.25) is 10.0 Å². The van der Waals surface area contributed by atoms with E-state index in [-0.39, 0.29) is 11.3 Å². The zero-order valence-electron chi connectivity index (χ0n) is 16.9. The number of carboxylic acid groups (broad SMARTS) is 1. The van der Waals surface area contributed by atoms with Crippen LogP contribution in [0.2, 0.25) is 0 Å². The molecule has 1 aliphatic rings. The van der Waals surface area contributed by atoms with Gasteiger partial charge in [-0.25, -0.2) is 8.42 Å². The smallest absolute Gasteiger partial charge is 0.322 e. The Kier molecular flexibility index (Phi) is 6.72. The summed E-state index contributed by atoms with van der Waals surface area (Å²) in [5.74, 6) is -1.14. The first-order chi connectivity index (χ1) is 13.8. The minimum atomic E-state index is -4.00. The highest BCUT2D eigenvalue weighted by molar-refractivity contribution is 7.89. The van der Waals surface area contributed by atoms with Crippen LogP contribution in [0.15, 0.2) is 59.5 Å². The number of rotatable bonds is 7. The number of sulfonamides is 1. The summed E-state index contributed by atoms with van der Waals surface area (Å²) in [6, 6.07) is 14.6. The maximum Gasteiger partial charge on any atom is 0.322 e. The third-order valence-electron chi connectivity index (χ3n) is 5.49. The first-order valence-corrected chi connectivity index (χ1v) is 11.3. The van der Waals surface area contributed by atoms with Gasteiger partial charge in [-0.1, -0.05) is 48.0 Å². The maximum absolute atomic E-state index is 13.7. The number of piperidine rings is 1. The van der Waals surface area contributed by atoms with E-state index in [4.69, 9.17) is 0 Å². The van der Waals surface area contributed by atoms with E-state index in [2.05, 4.69) is 0 Å². The van der Waals surface area contributed by atoms with Gasteiger partial charge >= 0.3 is 5.97 Å². The molecule has 0 amide bonds. The number of aryl methyl sites for hydroxylation is 1. The van der Waals surface area contributed by atoms with Gasteiger partial charge in [-0.15, -0.1) is 0 Å². The van der Waals surface area contributed by atoms with E-state index in [1.54, 1.807) is 24.3 Å². The SMILES string of the molecule is Cc1ccc(S(=O)(=O)N(C2CCCCN2C)[C@@H](Cc2ccccc2)C(=O)O)cc1. The highest BCUT2D eigenvalue weighted by atomic mass is 32.2. The van der Waals surface area contributed by atoms with Crippen LogP contribution in [0.1, 0.15) is 30.4 Å². The Hall–Kier alpha value is -2.22. The van der Waals surface area contributed by atoms with Crippen LogP contribution < -0.4 is 0 Å². The van der Waals surface area contributed by atoms with Crippen molar-refractivity contribution in [3.63, 3.8) is 0 Å². The number of aliphatic carboxylic acids is 1. The van der Waals surface area contributed by atoms with Crippen LogP contribution in [-0.4, -0.2) is 54.5 Å². The quantitative estimate of drug-likeness (QED) is 0.750. The maximum atomic E-state index is 13.7. The number of benzene rings is 2. The summed E-state index contributed by atoms with van der Waals surface area (Å²) in [6.07, 6.45) is 2.08. The van der Waals surface area contributed by atoms with Crippen molar-refractivity contribution in [2.45, 2.75) is 49.7 Å². The number of hydrogen-bond donors (Lipinski definition) is 1. The highest BCUT2D eigenvalue weighted by Gasteiger charge is 2.43. The van der Waals surface area contributed by atoms with E-state index in [1.165, 1.54) is 4.31 Å². The zero-order chi connectivity index (χ0) is 21.0. The van der Waals surface area contributed by atoms with Gasteiger partial charge in [0, 0.05) is 0 Å². The van der Waals surface area contributed by atoms with Crippen LogP contribution in [0, 0.1) is 6.92 Å². The molecule has 0 aromatic heterocycles. The molecule has 2 aromatic carbocycles. The van der Waals surface area contributed by atoms with Crippen molar-refractivity contribution >= 4 is 16.0 Å². The lowest BCUT2D eigenvalue weighted by Gasteiger charge is -2.42. The van der Waals surface area contributed by atoms with Crippen molar-refractivity contribution in [1.29, 1.82) is 0 Å². The predicted octanol–water partition coefficient (Wildman–Crippen LogP) is 3.12. The van der Waals surface area contributed by atoms with Crippen molar-refractivity contribution in [3.05, 3.63) is 65.7 Å². The predicted molar refractivity (Wildman–Crippen MR) is 112 cm³/mol. The summed E-state index contributed by atoms with van der Waals surface area (Å²) in [7, 11) is -2.14. The molecule has 7 heteroatoms. The molecule has 6 nitrogen and oxygen atoms in total. The molecule has 0 saturated carbocycles. The third-order valence-corrected chi connectivity index (χ3v) is 7.41. The average Bonchev–Trinajstić information content (AvgIpc) is 2.70. The normalized spacial score (nSPS) is 19.2. The molecule has 1 heterocycles. The van der Waals surface area contributed by atoms with Crippen LogP contribution in [0.4, 0.5) is 0 Å².